The van der Waals surface area contributed by atoms with Crippen molar-refractivity contribution in [3.05, 3.63) is 27.5 Å². The van der Waals surface area contributed by atoms with Crippen molar-refractivity contribution in [1.29, 1.82) is 0 Å². The van der Waals surface area contributed by atoms with Crippen LogP contribution < -0.4 is 10.2 Å². The molecule has 3 nitrogen and oxygen atoms in total. The van der Waals surface area contributed by atoms with Crippen molar-refractivity contribution in [1.82, 2.24) is 4.57 Å². The predicted molar refractivity (Wildman–Crippen MR) is 55.2 cm³/mol. The topological polar surface area (TPSA) is 31.2 Å². The lowest BCUT2D eigenvalue weighted by Crippen LogP contribution is -2.24. The zero-order chi connectivity index (χ0) is 12.6. The van der Waals surface area contributed by atoms with Gasteiger partial charge in [-0.3, -0.25) is 4.79 Å². The van der Waals surface area contributed by atoms with Crippen molar-refractivity contribution in [3.8, 4) is 5.88 Å². The molecular formula is C11H12F3NO2. The van der Waals surface area contributed by atoms with Crippen LogP contribution >= 0.6 is 0 Å². The molecule has 0 aliphatic carbocycles. The second kappa shape index (κ2) is 4.09. The standard InChI is InChI=1S/C11H12F3NO2/c1-7-8(16)6-9-15(4-2-3-5-17-9)10(7)11(12,13)14/h6H,2-5H2,1H3. The lowest BCUT2D eigenvalue weighted by atomic mass is 10.2. The number of alkyl halides is 3. The summed E-state index contributed by atoms with van der Waals surface area (Å²) >= 11 is 0. The largest absolute Gasteiger partial charge is 0.479 e. The first kappa shape index (κ1) is 12.0. The molecule has 1 aliphatic rings. The number of ether oxygens (including phenoxy) is 1. The van der Waals surface area contributed by atoms with Crippen LogP contribution in [-0.2, 0) is 12.7 Å². The van der Waals surface area contributed by atoms with Gasteiger partial charge in [-0.15, -0.1) is 0 Å². The molecule has 0 radical (unpaired) electrons. The van der Waals surface area contributed by atoms with E-state index < -0.39 is 17.3 Å². The number of hydrogen-bond donors (Lipinski definition) is 0. The Morgan fingerprint density at radius 1 is 1.35 bits per heavy atom. The van der Waals surface area contributed by atoms with Crippen molar-refractivity contribution in [3.63, 3.8) is 0 Å². The van der Waals surface area contributed by atoms with Crippen molar-refractivity contribution < 1.29 is 17.9 Å². The average molecular weight is 247 g/mol. The maximum atomic E-state index is 12.9. The first-order chi connectivity index (χ1) is 7.91. The molecule has 0 unspecified atom stereocenters. The molecule has 0 saturated heterocycles. The zero-order valence-corrected chi connectivity index (χ0v) is 9.30. The highest BCUT2D eigenvalue weighted by atomic mass is 19.4. The van der Waals surface area contributed by atoms with Gasteiger partial charge < -0.3 is 9.30 Å². The number of fused-ring (bicyclic) bond motifs is 1. The van der Waals surface area contributed by atoms with Gasteiger partial charge in [0.15, 0.2) is 11.3 Å². The van der Waals surface area contributed by atoms with E-state index in [1.165, 1.54) is 6.92 Å². The van der Waals surface area contributed by atoms with Crippen LogP contribution in [0, 0.1) is 6.92 Å². The Hall–Kier alpha value is -1.46. The van der Waals surface area contributed by atoms with Crippen LogP contribution in [0.3, 0.4) is 0 Å². The molecule has 0 amide bonds. The van der Waals surface area contributed by atoms with Crippen LogP contribution in [0.15, 0.2) is 10.9 Å². The van der Waals surface area contributed by atoms with Gasteiger partial charge in [0.25, 0.3) is 0 Å². The molecule has 94 valence electrons. The van der Waals surface area contributed by atoms with Gasteiger partial charge in [-0.1, -0.05) is 0 Å². The second-order valence-corrected chi connectivity index (χ2v) is 4.03. The highest BCUT2D eigenvalue weighted by molar-refractivity contribution is 5.29. The molecule has 6 heteroatoms. The molecule has 0 bridgehead atoms. The maximum Gasteiger partial charge on any atom is 0.431 e. The van der Waals surface area contributed by atoms with Crippen molar-refractivity contribution in [2.45, 2.75) is 32.5 Å². The van der Waals surface area contributed by atoms with Crippen molar-refractivity contribution in [2.24, 2.45) is 0 Å². The summed E-state index contributed by atoms with van der Waals surface area (Å²) < 4.78 is 45.0. The minimum atomic E-state index is -4.53. The van der Waals surface area contributed by atoms with Crippen LogP contribution in [0.25, 0.3) is 0 Å². The molecule has 1 aromatic heterocycles. The van der Waals surface area contributed by atoms with Gasteiger partial charge in [0, 0.05) is 18.2 Å². The molecule has 2 heterocycles. The summed E-state index contributed by atoms with van der Waals surface area (Å²) in [4.78, 5) is 11.5. The van der Waals surface area contributed by atoms with E-state index >= 15 is 0 Å². The Kier molecular flexibility index (Phi) is 2.89. The molecule has 0 atom stereocenters. The summed E-state index contributed by atoms with van der Waals surface area (Å²) in [7, 11) is 0. The quantitative estimate of drug-likeness (QED) is 0.704. The third kappa shape index (κ3) is 2.16. The first-order valence-electron chi connectivity index (χ1n) is 5.35. The number of aromatic nitrogens is 1. The predicted octanol–water partition coefficient (Wildman–Crippen LogP) is 2.35. The van der Waals surface area contributed by atoms with Crippen molar-refractivity contribution in [2.75, 3.05) is 6.61 Å². The summed E-state index contributed by atoms with van der Waals surface area (Å²) in [6.07, 6.45) is -3.24. The monoisotopic (exact) mass is 247 g/mol. The van der Waals surface area contributed by atoms with E-state index in [-0.39, 0.29) is 18.0 Å². The minimum absolute atomic E-state index is 0.0189. The number of pyridine rings is 1. The highest BCUT2D eigenvalue weighted by Crippen LogP contribution is 2.33. The SMILES string of the molecule is Cc1c(C(F)(F)F)n2c(cc1=O)OCCCC2. The lowest BCUT2D eigenvalue weighted by molar-refractivity contribution is -0.144. The summed E-state index contributed by atoms with van der Waals surface area (Å²) in [5.74, 6) is 0.0189. The molecule has 2 rings (SSSR count). The maximum absolute atomic E-state index is 12.9. The fourth-order valence-electron chi connectivity index (χ4n) is 1.98. The lowest BCUT2D eigenvalue weighted by Gasteiger charge is -2.19. The van der Waals surface area contributed by atoms with Gasteiger partial charge in [0.1, 0.15) is 5.69 Å². The molecule has 1 aliphatic heterocycles. The van der Waals surface area contributed by atoms with Gasteiger partial charge in [0.05, 0.1) is 6.61 Å². The van der Waals surface area contributed by atoms with E-state index in [4.69, 9.17) is 4.74 Å². The van der Waals surface area contributed by atoms with Crippen molar-refractivity contribution >= 4 is 0 Å². The second-order valence-electron chi connectivity index (χ2n) is 4.03. The molecule has 1 aromatic rings. The Bertz CT molecular complexity index is 491. The third-order valence-electron chi connectivity index (χ3n) is 2.81. The molecular weight excluding hydrogens is 235 g/mol. The zero-order valence-electron chi connectivity index (χ0n) is 9.30. The first-order valence-corrected chi connectivity index (χ1v) is 5.35. The smallest absolute Gasteiger partial charge is 0.431 e. The molecule has 0 aromatic carbocycles. The van der Waals surface area contributed by atoms with Gasteiger partial charge in [-0.05, 0) is 19.8 Å². The van der Waals surface area contributed by atoms with Crippen LogP contribution in [0.4, 0.5) is 13.2 Å². The van der Waals surface area contributed by atoms with Gasteiger partial charge in [-0.25, -0.2) is 0 Å². The Labute approximate surface area is 95.8 Å². The van der Waals surface area contributed by atoms with Crippen LogP contribution in [-0.4, -0.2) is 11.2 Å². The molecule has 0 spiro atoms. The third-order valence-corrected chi connectivity index (χ3v) is 2.81. The summed E-state index contributed by atoms with van der Waals surface area (Å²) in [6.45, 7) is 1.77. The number of halogens is 3. The van der Waals surface area contributed by atoms with E-state index in [2.05, 4.69) is 0 Å². The van der Waals surface area contributed by atoms with Crippen LogP contribution in [0.5, 0.6) is 5.88 Å². The summed E-state index contributed by atoms with van der Waals surface area (Å²) in [6, 6.07) is 1.13. The molecule has 17 heavy (non-hydrogen) atoms. The number of nitrogens with zero attached hydrogens (tertiary/aromatic N) is 1. The van der Waals surface area contributed by atoms with Gasteiger partial charge in [-0.2, -0.15) is 13.2 Å². The summed E-state index contributed by atoms with van der Waals surface area (Å²) in [5, 5.41) is 0. The van der Waals surface area contributed by atoms with Crippen LogP contribution in [0.1, 0.15) is 24.1 Å². The highest BCUT2D eigenvalue weighted by Gasteiger charge is 2.37. The fraction of sp³-hybridized carbons (Fsp3) is 0.545. The van der Waals surface area contributed by atoms with E-state index in [1.807, 2.05) is 0 Å². The normalized spacial score (nSPS) is 16.0. The Balaban J connectivity index is 2.71. The molecule has 0 saturated carbocycles. The van der Waals surface area contributed by atoms with Gasteiger partial charge in [0.2, 0.25) is 0 Å². The van der Waals surface area contributed by atoms with E-state index in [1.54, 1.807) is 0 Å². The van der Waals surface area contributed by atoms with E-state index in [9.17, 15) is 18.0 Å². The summed E-state index contributed by atoms with van der Waals surface area (Å²) in [5.41, 5.74) is -1.79. The Morgan fingerprint density at radius 3 is 2.71 bits per heavy atom. The number of rotatable bonds is 0. The molecule has 0 N–H and O–H groups in total. The number of hydrogen-bond acceptors (Lipinski definition) is 2. The van der Waals surface area contributed by atoms with E-state index in [0.717, 1.165) is 10.6 Å². The van der Waals surface area contributed by atoms with E-state index in [0.29, 0.717) is 19.4 Å². The van der Waals surface area contributed by atoms with Crippen LogP contribution in [0.2, 0.25) is 0 Å². The minimum Gasteiger partial charge on any atom is -0.479 e. The fourth-order valence-corrected chi connectivity index (χ4v) is 1.98. The Morgan fingerprint density at radius 2 is 2.06 bits per heavy atom. The van der Waals surface area contributed by atoms with Gasteiger partial charge >= 0.3 is 6.18 Å². The molecule has 0 fully saturated rings. The average Bonchev–Trinajstić information content (AvgIpc) is 2.42.